The SMILES string of the molecule is COC(=O)c1c(N)cccc1CCC#N. The van der Waals surface area contributed by atoms with Crippen molar-refractivity contribution in [2.45, 2.75) is 12.8 Å². The topological polar surface area (TPSA) is 76.1 Å². The number of hydrogen-bond donors (Lipinski definition) is 1. The summed E-state index contributed by atoms with van der Waals surface area (Å²) < 4.78 is 4.64. The van der Waals surface area contributed by atoms with Gasteiger partial charge >= 0.3 is 5.97 Å². The Morgan fingerprint density at radius 1 is 1.60 bits per heavy atom. The first-order valence-corrected chi connectivity index (χ1v) is 4.53. The zero-order valence-electron chi connectivity index (χ0n) is 8.49. The number of ether oxygens (including phenoxy) is 1. The number of aryl methyl sites for hydroxylation is 1. The highest BCUT2D eigenvalue weighted by Crippen LogP contribution is 2.19. The number of benzene rings is 1. The Morgan fingerprint density at radius 2 is 2.33 bits per heavy atom. The summed E-state index contributed by atoms with van der Waals surface area (Å²) in [7, 11) is 1.31. The van der Waals surface area contributed by atoms with Crippen molar-refractivity contribution >= 4 is 11.7 Å². The second-order valence-corrected chi connectivity index (χ2v) is 3.03. The predicted octanol–water partition coefficient (Wildman–Crippen LogP) is 1.51. The molecule has 0 bridgehead atoms. The lowest BCUT2D eigenvalue weighted by molar-refractivity contribution is 0.0600. The van der Waals surface area contributed by atoms with E-state index >= 15 is 0 Å². The molecule has 0 radical (unpaired) electrons. The summed E-state index contributed by atoms with van der Waals surface area (Å²) in [5.74, 6) is -0.457. The molecule has 0 heterocycles. The molecule has 0 saturated carbocycles. The van der Waals surface area contributed by atoms with E-state index in [2.05, 4.69) is 4.74 Å². The van der Waals surface area contributed by atoms with E-state index in [4.69, 9.17) is 11.0 Å². The quantitative estimate of drug-likeness (QED) is 0.598. The van der Waals surface area contributed by atoms with Gasteiger partial charge in [0.25, 0.3) is 0 Å². The first-order valence-electron chi connectivity index (χ1n) is 4.53. The summed E-state index contributed by atoms with van der Waals surface area (Å²) in [5, 5.41) is 8.49. The van der Waals surface area contributed by atoms with E-state index in [9.17, 15) is 4.79 Å². The van der Waals surface area contributed by atoms with Crippen LogP contribution in [-0.2, 0) is 11.2 Å². The normalized spacial score (nSPS) is 9.33. The Labute approximate surface area is 88.3 Å². The number of carbonyl (C=O) groups excluding carboxylic acids is 1. The van der Waals surface area contributed by atoms with Crippen LogP contribution in [0.3, 0.4) is 0 Å². The number of nitrogens with two attached hydrogens (primary N) is 1. The molecule has 0 saturated heterocycles. The van der Waals surface area contributed by atoms with Crippen molar-refractivity contribution in [2.75, 3.05) is 12.8 Å². The molecule has 0 spiro atoms. The summed E-state index contributed by atoms with van der Waals surface area (Å²) in [6.45, 7) is 0. The van der Waals surface area contributed by atoms with Crippen molar-refractivity contribution < 1.29 is 9.53 Å². The Hall–Kier alpha value is -2.02. The van der Waals surface area contributed by atoms with Gasteiger partial charge in [0.15, 0.2) is 0 Å². The maximum absolute atomic E-state index is 11.4. The van der Waals surface area contributed by atoms with Crippen molar-refractivity contribution in [2.24, 2.45) is 0 Å². The van der Waals surface area contributed by atoms with Gasteiger partial charge in [-0.1, -0.05) is 12.1 Å². The van der Waals surface area contributed by atoms with Gasteiger partial charge in [-0.05, 0) is 18.1 Å². The van der Waals surface area contributed by atoms with Gasteiger partial charge in [-0.3, -0.25) is 0 Å². The van der Waals surface area contributed by atoms with Crippen molar-refractivity contribution in [3.63, 3.8) is 0 Å². The zero-order chi connectivity index (χ0) is 11.3. The highest BCUT2D eigenvalue weighted by molar-refractivity contribution is 5.96. The van der Waals surface area contributed by atoms with Gasteiger partial charge in [0.2, 0.25) is 0 Å². The summed E-state index contributed by atoms with van der Waals surface area (Å²) in [6.07, 6.45) is 0.861. The third kappa shape index (κ3) is 2.47. The number of hydrogen-bond acceptors (Lipinski definition) is 4. The lowest BCUT2D eigenvalue weighted by Crippen LogP contribution is -2.09. The Bertz CT molecular complexity index is 408. The van der Waals surface area contributed by atoms with E-state index in [-0.39, 0.29) is 0 Å². The number of nitrogens with zero attached hydrogens (tertiary/aromatic N) is 1. The van der Waals surface area contributed by atoms with Crippen LogP contribution in [0, 0.1) is 11.3 Å². The van der Waals surface area contributed by atoms with Gasteiger partial charge in [-0.25, -0.2) is 4.79 Å². The molecule has 1 rings (SSSR count). The molecule has 0 atom stereocenters. The lowest BCUT2D eigenvalue weighted by Gasteiger charge is -2.08. The highest BCUT2D eigenvalue weighted by atomic mass is 16.5. The van der Waals surface area contributed by atoms with E-state index in [0.29, 0.717) is 24.1 Å². The van der Waals surface area contributed by atoms with Crippen molar-refractivity contribution in [3.05, 3.63) is 29.3 Å². The Balaban J connectivity index is 3.09. The molecule has 0 aliphatic heterocycles. The number of anilines is 1. The minimum absolute atomic E-state index is 0.355. The molecular weight excluding hydrogens is 192 g/mol. The molecule has 2 N–H and O–H groups in total. The van der Waals surface area contributed by atoms with Gasteiger partial charge in [0.05, 0.1) is 18.7 Å². The molecule has 15 heavy (non-hydrogen) atoms. The molecule has 1 aromatic carbocycles. The van der Waals surface area contributed by atoms with Gasteiger partial charge < -0.3 is 10.5 Å². The molecule has 0 amide bonds. The molecular formula is C11H12N2O2. The average molecular weight is 204 g/mol. The number of nitrogen functional groups attached to an aromatic ring is 1. The van der Waals surface area contributed by atoms with Crippen LogP contribution >= 0.6 is 0 Å². The van der Waals surface area contributed by atoms with E-state index in [1.54, 1.807) is 18.2 Å². The second-order valence-electron chi connectivity index (χ2n) is 3.03. The van der Waals surface area contributed by atoms with Crippen molar-refractivity contribution in [3.8, 4) is 6.07 Å². The number of esters is 1. The molecule has 0 fully saturated rings. The van der Waals surface area contributed by atoms with Crippen molar-refractivity contribution in [1.29, 1.82) is 5.26 Å². The van der Waals surface area contributed by atoms with E-state index in [1.165, 1.54) is 7.11 Å². The summed E-state index contributed by atoms with van der Waals surface area (Å²) >= 11 is 0. The molecule has 0 aliphatic rings. The zero-order valence-corrected chi connectivity index (χ0v) is 8.49. The Kier molecular flexibility index (Phi) is 3.69. The summed E-state index contributed by atoms with van der Waals surface area (Å²) in [4.78, 5) is 11.4. The standard InChI is InChI=1S/C11H12N2O2/c1-15-11(14)10-8(5-3-7-12)4-2-6-9(10)13/h2,4,6H,3,5,13H2,1H3. The molecule has 78 valence electrons. The minimum atomic E-state index is -0.457. The molecule has 0 unspecified atom stereocenters. The molecule has 4 heteroatoms. The van der Waals surface area contributed by atoms with Crippen LogP contribution in [0.25, 0.3) is 0 Å². The van der Waals surface area contributed by atoms with E-state index in [0.717, 1.165) is 5.56 Å². The van der Waals surface area contributed by atoms with Crippen LogP contribution in [0.5, 0.6) is 0 Å². The van der Waals surface area contributed by atoms with Crippen LogP contribution in [-0.4, -0.2) is 13.1 Å². The highest BCUT2D eigenvalue weighted by Gasteiger charge is 2.14. The Morgan fingerprint density at radius 3 is 2.93 bits per heavy atom. The first kappa shape index (κ1) is 11.1. The van der Waals surface area contributed by atoms with E-state index < -0.39 is 5.97 Å². The van der Waals surface area contributed by atoms with E-state index in [1.807, 2.05) is 6.07 Å². The van der Waals surface area contributed by atoms with Gasteiger partial charge in [-0.15, -0.1) is 0 Å². The van der Waals surface area contributed by atoms with Crippen molar-refractivity contribution in [1.82, 2.24) is 0 Å². The van der Waals surface area contributed by atoms with Crippen LogP contribution in [0.2, 0.25) is 0 Å². The monoisotopic (exact) mass is 204 g/mol. The molecule has 4 nitrogen and oxygen atoms in total. The molecule has 0 aliphatic carbocycles. The largest absolute Gasteiger partial charge is 0.465 e. The lowest BCUT2D eigenvalue weighted by atomic mass is 10.0. The third-order valence-corrected chi connectivity index (χ3v) is 2.08. The maximum Gasteiger partial charge on any atom is 0.340 e. The average Bonchev–Trinajstić information content (AvgIpc) is 2.25. The number of carbonyl (C=O) groups is 1. The number of methoxy groups -OCH3 is 1. The van der Waals surface area contributed by atoms with Crippen LogP contribution in [0.4, 0.5) is 5.69 Å². The smallest absolute Gasteiger partial charge is 0.340 e. The van der Waals surface area contributed by atoms with Gasteiger partial charge in [-0.2, -0.15) is 5.26 Å². The van der Waals surface area contributed by atoms with Crippen LogP contribution < -0.4 is 5.73 Å². The first-order chi connectivity index (χ1) is 7.20. The number of rotatable bonds is 3. The molecule has 1 aromatic rings. The fourth-order valence-electron chi connectivity index (χ4n) is 1.37. The fraction of sp³-hybridized carbons (Fsp3) is 0.273. The predicted molar refractivity (Wildman–Crippen MR) is 56.1 cm³/mol. The minimum Gasteiger partial charge on any atom is -0.465 e. The van der Waals surface area contributed by atoms with Gasteiger partial charge in [0.1, 0.15) is 0 Å². The second kappa shape index (κ2) is 5.01. The fourth-order valence-corrected chi connectivity index (χ4v) is 1.37. The van der Waals surface area contributed by atoms with Crippen LogP contribution in [0.1, 0.15) is 22.3 Å². The summed E-state index contributed by atoms with van der Waals surface area (Å²) in [5.41, 5.74) is 7.20. The summed E-state index contributed by atoms with van der Waals surface area (Å²) in [6, 6.07) is 7.20. The van der Waals surface area contributed by atoms with Gasteiger partial charge in [0, 0.05) is 12.1 Å². The van der Waals surface area contributed by atoms with Crippen LogP contribution in [0.15, 0.2) is 18.2 Å². The third-order valence-electron chi connectivity index (χ3n) is 2.08. The molecule has 0 aromatic heterocycles. The maximum atomic E-state index is 11.4. The number of nitriles is 1.